The van der Waals surface area contributed by atoms with E-state index in [9.17, 15) is 0 Å². The van der Waals surface area contributed by atoms with Crippen LogP contribution in [0.4, 0.5) is 0 Å². The zero-order valence-electron chi connectivity index (χ0n) is 12.0. The van der Waals surface area contributed by atoms with Crippen LogP contribution in [0.5, 0.6) is 0 Å². The van der Waals surface area contributed by atoms with Crippen LogP contribution in [0.15, 0.2) is 0 Å². The molecule has 0 aliphatic heterocycles. The van der Waals surface area contributed by atoms with Crippen LogP contribution in [0.2, 0.25) is 0 Å². The summed E-state index contributed by atoms with van der Waals surface area (Å²) >= 11 is 0. The molecule has 0 amide bonds. The standard InChI is InChI=1S/C15H29NO2/c1-3-18-14-10-13(15(14)7-5-8-15)16-9-4-6-12(2)11-17/h12-14,16-17H,3-11H2,1-2H3. The summed E-state index contributed by atoms with van der Waals surface area (Å²) in [4.78, 5) is 0. The number of hydrogen-bond donors (Lipinski definition) is 2. The first-order valence-corrected chi connectivity index (χ1v) is 7.68. The Kier molecular flexibility index (Phi) is 5.05. The van der Waals surface area contributed by atoms with Crippen LogP contribution in [-0.4, -0.2) is 37.0 Å². The highest BCUT2D eigenvalue weighted by atomic mass is 16.5. The van der Waals surface area contributed by atoms with Crippen LogP contribution >= 0.6 is 0 Å². The molecule has 2 rings (SSSR count). The van der Waals surface area contributed by atoms with Crippen LogP contribution < -0.4 is 5.32 Å². The normalized spacial score (nSPS) is 30.8. The summed E-state index contributed by atoms with van der Waals surface area (Å²) in [6.07, 6.45) is 8.09. The Morgan fingerprint density at radius 1 is 1.44 bits per heavy atom. The molecular weight excluding hydrogens is 226 g/mol. The van der Waals surface area contributed by atoms with Crippen molar-refractivity contribution in [3.05, 3.63) is 0 Å². The summed E-state index contributed by atoms with van der Waals surface area (Å²) in [6, 6.07) is 0.687. The van der Waals surface area contributed by atoms with Crippen molar-refractivity contribution in [1.82, 2.24) is 5.32 Å². The van der Waals surface area contributed by atoms with Crippen LogP contribution in [0, 0.1) is 11.3 Å². The second-order valence-electron chi connectivity index (χ2n) is 6.20. The van der Waals surface area contributed by atoms with Gasteiger partial charge in [0.25, 0.3) is 0 Å². The molecule has 0 bridgehead atoms. The van der Waals surface area contributed by atoms with Crippen molar-refractivity contribution in [3.63, 3.8) is 0 Å². The molecule has 106 valence electrons. The SMILES string of the molecule is CCOC1CC(NCCCC(C)CO)C12CCC2. The molecule has 2 aliphatic carbocycles. The number of ether oxygens (including phenoxy) is 1. The van der Waals surface area contributed by atoms with E-state index < -0.39 is 0 Å². The minimum absolute atomic E-state index is 0.319. The predicted molar refractivity (Wildman–Crippen MR) is 73.6 cm³/mol. The van der Waals surface area contributed by atoms with Crippen molar-refractivity contribution in [2.45, 2.75) is 64.5 Å². The van der Waals surface area contributed by atoms with Gasteiger partial charge in [0.2, 0.25) is 0 Å². The fourth-order valence-corrected chi connectivity index (χ4v) is 3.54. The van der Waals surface area contributed by atoms with E-state index in [1.807, 2.05) is 0 Å². The lowest BCUT2D eigenvalue weighted by Gasteiger charge is -2.61. The molecule has 3 heteroatoms. The van der Waals surface area contributed by atoms with Gasteiger partial charge in [0.05, 0.1) is 6.10 Å². The number of hydrogen-bond acceptors (Lipinski definition) is 3. The fourth-order valence-electron chi connectivity index (χ4n) is 3.54. The fraction of sp³-hybridized carbons (Fsp3) is 1.00. The average Bonchev–Trinajstić information content (AvgIpc) is 2.29. The third-order valence-electron chi connectivity index (χ3n) is 5.01. The van der Waals surface area contributed by atoms with Crippen LogP contribution in [0.25, 0.3) is 0 Å². The summed E-state index contributed by atoms with van der Waals surface area (Å²) in [5.41, 5.74) is 0.485. The van der Waals surface area contributed by atoms with Crippen molar-refractivity contribution < 1.29 is 9.84 Å². The maximum Gasteiger partial charge on any atom is 0.0661 e. The molecular formula is C15H29NO2. The molecule has 0 radical (unpaired) electrons. The van der Waals surface area contributed by atoms with Crippen molar-refractivity contribution in [2.75, 3.05) is 19.8 Å². The number of aliphatic hydroxyl groups excluding tert-OH is 1. The summed E-state index contributed by atoms with van der Waals surface area (Å²) in [6.45, 7) is 6.48. The molecule has 0 aromatic carbocycles. The Labute approximate surface area is 111 Å². The van der Waals surface area contributed by atoms with Gasteiger partial charge in [-0.3, -0.25) is 0 Å². The number of nitrogens with one attached hydrogen (secondary N) is 1. The first-order chi connectivity index (χ1) is 8.73. The van der Waals surface area contributed by atoms with E-state index in [1.54, 1.807) is 0 Å². The second-order valence-corrected chi connectivity index (χ2v) is 6.20. The lowest BCUT2D eigenvalue weighted by Crippen LogP contribution is -2.66. The van der Waals surface area contributed by atoms with Crippen molar-refractivity contribution in [3.8, 4) is 0 Å². The summed E-state index contributed by atoms with van der Waals surface area (Å²) < 4.78 is 5.85. The molecule has 0 aromatic heterocycles. The third-order valence-corrected chi connectivity index (χ3v) is 5.01. The summed E-state index contributed by atoms with van der Waals surface area (Å²) in [5, 5.41) is 12.7. The van der Waals surface area contributed by atoms with Gasteiger partial charge < -0.3 is 15.2 Å². The van der Waals surface area contributed by atoms with Crippen LogP contribution in [0.3, 0.4) is 0 Å². The number of aliphatic hydroxyl groups is 1. The van der Waals surface area contributed by atoms with E-state index in [1.165, 1.54) is 32.1 Å². The van der Waals surface area contributed by atoms with Gasteiger partial charge in [0.1, 0.15) is 0 Å². The largest absolute Gasteiger partial charge is 0.396 e. The average molecular weight is 255 g/mol. The molecule has 3 nitrogen and oxygen atoms in total. The molecule has 1 spiro atoms. The zero-order valence-corrected chi connectivity index (χ0v) is 12.0. The zero-order chi connectivity index (χ0) is 13.0. The highest BCUT2D eigenvalue weighted by molar-refractivity contribution is 5.12. The van der Waals surface area contributed by atoms with Crippen LogP contribution in [-0.2, 0) is 4.74 Å². The molecule has 3 atom stereocenters. The Morgan fingerprint density at radius 2 is 2.22 bits per heavy atom. The molecule has 0 aromatic rings. The third kappa shape index (κ3) is 2.73. The maximum atomic E-state index is 8.99. The smallest absolute Gasteiger partial charge is 0.0661 e. The summed E-state index contributed by atoms with van der Waals surface area (Å²) in [5.74, 6) is 0.446. The van der Waals surface area contributed by atoms with Crippen molar-refractivity contribution in [2.24, 2.45) is 11.3 Å². The van der Waals surface area contributed by atoms with Gasteiger partial charge in [-0.1, -0.05) is 13.3 Å². The Hall–Kier alpha value is -0.120. The van der Waals surface area contributed by atoms with Gasteiger partial charge in [0.15, 0.2) is 0 Å². The lowest BCUT2D eigenvalue weighted by molar-refractivity contribution is -0.172. The second kappa shape index (κ2) is 6.36. The van der Waals surface area contributed by atoms with Gasteiger partial charge in [-0.15, -0.1) is 0 Å². The van der Waals surface area contributed by atoms with Crippen LogP contribution in [0.1, 0.15) is 52.4 Å². The molecule has 2 fully saturated rings. The van der Waals surface area contributed by atoms with E-state index in [-0.39, 0.29) is 0 Å². The van der Waals surface area contributed by atoms with Gasteiger partial charge in [-0.05, 0) is 51.5 Å². The molecule has 3 unspecified atom stereocenters. The van der Waals surface area contributed by atoms with Crippen molar-refractivity contribution in [1.29, 1.82) is 0 Å². The maximum absolute atomic E-state index is 8.99. The van der Waals surface area contributed by atoms with E-state index >= 15 is 0 Å². The van der Waals surface area contributed by atoms with E-state index in [0.29, 0.717) is 30.1 Å². The predicted octanol–water partition coefficient (Wildman–Crippen LogP) is 2.33. The van der Waals surface area contributed by atoms with Gasteiger partial charge in [-0.2, -0.15) is 0 Å². The quantitative estimate of drug-likeness (QED) is 0.654. The first kappa shape index (κ1) is 14.3. The Balaban J connectivity index is 1.65. The summed E-state index contributed by atoms with van der Waals surface area (Å²) in [7, 11) is 0. The lowest BCUT2D eigenvalue weighted by atomic mass is 9.51. The minimum atomic E-state index is 0.319. The van der Waals surface area contributed by atoms with Gasteiger partial charge in [-0.25, -0.2) is 0 Å². The molecule has 0 saturated heterocycles. The van der Waals surface area contributed by atoms with Crippen molar-refractivity contribution >= 4 is 0 Å². The van der Waals surface area contributed by atoms with Gasteiger partial charge in [0, 0.05) is 24.7 Å². The minimum Gasteiger partial charge on any atom is -0.396 e. The Morgan fingerprint density at radius 3 is 2.78 bits per heavy atom. The van der Waals surface area contributed by atoms with E-state index in [4.69, 9.17) is 9.84 Å². The first-order valence-electron chi connectivity index (χ1n) is 7.68. The molecule has 2 N–H and O–H groups in total. The molecule has 2 aliphatic rings. The Bertz CT molecular complexity index is 253. The molecule has 0 heterocycles. The molecule has 2 saturated carbocycles. The molecule has 18 heavy (non-hydrogen) atoms. The van der Waals surface area contributed by atoms with Gasteiger partial charge >= 0.3 is 0 Å². The van der Waals surface area contributed by atoms with E-state index in [0.717, 1.165) is 19.6 Å². The number of rotatable bonds is 8. The highest BCUT2D eigenvalue weighted by Crippen LogP contribution is 2.57. The van der Waals surface area contributed by atoms with E-state index in [2.05, 4.69) is 19.2 Å². The monoisotopic (exact) mass is 255 g/mol. The highest BCUT2D eigenvalue weighted by Gasteiger charge is 2.58. The topological polar surface area (TPSA) is 41.5 Å².